The van der Waals surface area contributed by atoms with Crippen LogP contribution in [-0.2, 0) is 0 Å². The molecule has 1 aromatic carbocycles. The van der Waals surface area contributed by atoms with Crippen LogP contribution in [0.4, 0.5) is 0 Å². The molecule has 0 fully saturated rings. The predicted octanol–water partition coefficient (Wildman–Crippen LogP) is 2.27. The van der Waals surface area contributed by atoms with Gasteiger partial charge >= 0.3 is 0 Å². The highest BCUT2D eigenvalue weighted by molar-refractivity contribution is 14.2. The van der Waals surface area contributed by atoms with Crippen molar-refractivity contribution in [2.75, 3.05) is 6.54 Å². The molecule has 0 radical (unpaired) electrons. The maximum atomic E-state index is 5.90. The minimum absolute atomic E-state index is 0.0912. The van der Waals surface area contributed by atoms with Gasteiger partial charge in [-0.05, 0) is 14.7 Å². The van der Waals surface area contributed by atoms with Gasteiger partial charge in [0.1, 0.15) is 0 Å². The Morgan fingerprint density at radius 3 is 2.67 bits per heavy atom. The van der Waals surface area contributed by atoms with Crippen molar-refractivity contribution in [2.24, 2.45) is 5.73 Å². The van der Waals surface area contributed by atoms with Gasteiger partial charge < -0.3 is 5.73 Å². The first kappa shape index (κ1) is 10.3. The highest BCUT2D eigenvalue weighted by atomic mass is 127. The molecule has 0 saturated carbocycles. The van der Waals surface area contributed by atoms with E-state index in [4.69, 9.17) is 5.73 Å². The number of halogens is 1. The summed E-state index contributed by atoms with van der Waals surface area (Å²) >= 11 is 2.19. The monoisotopic (exact) mass is 294 g/mol. The lowest BCUT2D eigenvalue weighted by molar-refractivity contribution is 0.711. The van der Waals surface area contributed by atoms with Crippen LogP contribution in [0.5, 0.6) is 0 Å². The number of rotatable bonds is 4. The summed E-state index contributed by atoms with van der Waals surface area (Å²) in [5.41, 5.74) is 7.08. The summed E-state index contributed by atoms with van der Waals surface area (Å²) in [4.78, 5) is 0. The molecule has 0 bridgehead atoms. The van der Waals surface area contributed by atoms with Crippen LogP contribution >= 0.6 is 30.3 Å². The summed E-state index contributed by atoms with van der Waals surface area (Å²) in [7, 11) is 1.56. The molecular formula is C8H11IN2S. The molecule has 66 valence electrons. The van der Waals surface area contributed by atoms with Gasteiger partial charge in [0.2, 0.25) is 0 Å². The van der Waals surface area contributed by atoms with E-state index in [1.807, 2.05) is 30.3 Å². The van der Waals surface area contributed by atoms with Crippen LogP contribution in [0.3, 0.4) is 0 Å². The van der Waals surface area contributed by atoms with Gasteiger partial charge in [0, 0.05) is 33.8 Å². The van der Waals surface area contributed by atoms with Crippen molar-refractivity contribution in [3.05, 3.63) is 35.9 Å². The Balaban J connectivity index is 2.48. The summed E-state index contributed by atoms with van der Waals surface area (Å²) in [6.07, 6.45) is 0. The minimum Gasteiger partial charge on any atom is -0.323 e. The van der Waals surface area contributed by atoms with E-state index in [-0.39, 0.29) is 6.04 Å². The van der Waals surface area contributed by atoms with Crippen LogP contribution in [0.25, 0.3) is 0 Å². The van der Waals surface area contributed by atoms with Gasteiger partial charge in [0.05, 0.1) is 0 Å². The topological polar surface area (TPSA) is 38.0 Å². The second kappa shape index (κ2) is 5.80. The molecule has 0 aliphatic carbocycles. The molecular weight excluding hydrogens is 283 g/mol. The Morgan fingerprint density at radius 1 is 1.42 bits per heavy atom. The fourth-order valence-corrected chi connectivity index (χ4v) is 1.72. The second-order valence-electron chi connectivity index (χ2n) is 2.44. The van der Waals surface area contributed by atoms with Crippen LogP contribution in [0.1, 0.15) is 11.6 Å². The SMILES string of the molecule is NC(CNSI)c1ccccc1. The highest BCUT2D eigenvalue weighted by Gasteiger charge is 2.02. The quantitative estimate of drug-likeness (QED) is 0.661. The molecule has 1 rings (SSSR count). The van der Waals surface area contributed by atoms with E-state index in [1.54, 1.807) is 9.12 Å². The van der Waals surface area contributed by atoms with Gasteiger partial charge in [-0.3, -0.25) is 4.72 Å². The van der Waals surface area contributed by atoms with Crippen molar-refractivity contribution in [1.82, 2.24) is 4.72 Å². The lowest BCUT2D eigenvalue weighted by Crippen LogP contribution is -2.21. The molecule has 2 nitrogen and oxygen atoms in total. The van der Waals surface area contributed by atoms with Crippen molar-refractivity contribution in [3.63, 3.8) is 0 Å². The third-order valence-electron chi connectivity index (χ3n) is 1.59. The van der Waals surface area contributed by atoms with Crippen molar-refractivity contribution in [2.45, 2.75) is 6.04 Å². The maximum Gasteiger partial charge on any atom is 0.0431 e. The van der Waals surface area contributed by atoms with Crippen molar-refractivity contribution >= 4 is 30.3 Å². The van der Waals surface area contributed by atoms with Gasteiger partial charge in [0.25, 0.3) is 0 Å². The first-order chi connectivity index (χ1) is 5.84. The molecule has 1 atom stereocenters. The molecule has 1 unspecified atom stereocenters. The van der Waals surface area contributed by atoms with E-state index in [0.29, 0.717) is 0 Å². The van der Waals surface area contributed by atoms with Gasteiger partial charge in [-0.25, -0.2) is 0 Å². The van der Waals surface area contributed by atoms with E-state index < -0.39 is 0 Å². The van der Waals surface area contributed by atoms with E-state index in [9.17, 15) is 0 Å². The normalized spacial score (nSPS) is 12.8. The lowest BCUT2D eigenvalue weighted by Gasteiger charge is -2.10. The zero-order chi connectivity index (χ0) is 8.81. The largest absolute Gasteiger partial charge is 0.323 e. The van der Waals surface area contributed by atoms with E-state index >= 15 is 0 Å². The number of nitrogens with two attached hydrogens (primary N) is 1. The highest BCUT2D eigenvalue weighted by Crippen LogP contribution is 2.11. The average Bonchev–Trinajstić information content (AvgIpc) is 2.15. The van der Waals surface area contributed by atoms with E-state index in [1.165, 1.54) is 5.56 Å². The van der Waals surface area contributed by atoms with Crippen LogP contribution in [0.15, 0.2) is 30.3 Å². The molecule has 4 heteroatoms. The van der Waals surface area contributed by atoms with Gasteiger partial charge in [-0.2, -0.15) is 0 Å². The van der Waals surface area contributed by atoms with E-state index in [0.717, 1.165) is 6.54 Å². The smallest absolute Gasteiger partial charge is 0.0431 e. The average molecular weight is 294 g/mol. The number of hydrogen-bond acceptors (Lipinski definition) is 3. The number of nitrogens with one attached hydrogen (secondary N) is 1. The van der Waals surface area contributed by atoms with Crippen LogP contribution < -0.4 is 10.5 Å². The number of hydrogen-bond donors (Lipinski definition) is 2. The zero-order valence-electron chi connectivity index (χ0n) is 6.53. The first-order valence-electron chi connectivity index (χ1n) is 3.65. The standard InChI is InChI=1S/C8H11IN2S/c9-12-11-6-8(10)7-4-2-1-3-5-7/h1-5,8,11H,6,10H2. The Kier molecular flexibility index (Phi) is 4.98. The molecule has 0 aromatic heterocycles. The summed E-state index contributed by atoms with van der Waals surface area (Å²) in [5.74, 6) is 0. The summed E-state index contributed by atoms with van der Waals surface area (Å²) in [5, 5.41) is 0. The molecule has 12 heavy (non-hydrogen) atoms. The van der Waals surface area contributed by atoms with Gasteiger partial charge in [-0.1, -0.05) is 30.3 Å². The van der Waals surface area contributed by atoms with Crippen LogP contribution in [0, 0.1) is 0 Å². The molecule has 1 aromatic rings. The van der Waals surface area contributed by atoms with Crippen molar-refractivity contribution in [1.29, 1.82) is 0 Å². The lowest BCUT2D eigenvalue weighted by atomic mass is 10.1. The van der Waals surface area contributed by atoms with Crippen LogP contribution in [0.2, 0.25) is 0 Å². The first-order valence-corrected chi connectivity index (χ1v) is 7.01. The minimum atomic E-state index is 0.0912. The molecule has 0 amide bonds. The Labute approximate surface area is 89.0 Å². The fourth-order valence-electron chi connectivity index (χ4n) is 0.939. The van der Waals surface area contributed by atoms with Crippen molar-refractivity contribution in [3.8, 4) is 0 Å². The van der Waals surface area contributed by atoms with E-state index in [2.05, 4.69) is 25.9 Å². The third kappa shape index (κ3) is 3.30. The third-order valence-corrected chi connectivity index (χ3v) is 2.80. The molecule has 0 aliphatic heterocycles. The molecule has 0 heterocycles. The summed E-state index contributed by atoms with van der Waals surface area (Å²) in [6, 6.07) is 10.2. The second-order valence-corrected chi connectivity index (χ2v) is 4.21. The predicted molar refractivity (Wildman–Crippen MR) is 63.0 cm³/mol. The van der Waals surface area contributed by atoms with Gasteiger partial charge in [-0.15, -0.1) is 0 Å². The Hall–Kier alpha value is 0.220. The summed E-state index contributed by atoms with van der Waals surface area (Å²) in [6.45, 7) is 0.803. The molecule has 3 N–H and O–H groups in total. The van der Waals surface area contributed by atoms with Crippen LogP contribution in [-0.4, -0.2) is 6.54 Å². The number of benzene rings is 1. The molecule has 0 saturated heterocycles. The fraction of sp³-hybridized carbons (Fsp3) is 0.250. The zero-order valence-corrected chi connectivity index (χ0v) is 9.51. The molecule has 0 aliphatic rings. The maximum absolute atomic E-state index is 5.90. The van der Waals surface area contributed by atoms with Crippen molar-refractivity contribution < 1.29 is 0 Å². The Bertz CT molecular complexity index is 218. The van der Waals surface area contributed by atoms with Gasteiger partial charge in [0.15, 0.2) is 0 Å². The molecule has 0 spiro atoms. The summed E-state index contributed by atoms with van der Waals surface area (Å²) < 4.78 is 3.12. The Morgan fingerprint density at radius 2 is 2.08 bits per heavy atom.